The molecule has 2 aromatic carbocycles. The Morgan fingerprint density at radius 3 is 1.13 bits per heavy atom. The van der Waals surface area contributed by atoms with Crippen LogP contribution in [0.3, 0.4) is 0 Å². The van der Waals surface area contributed by atoms with Crippen molar-refractivity contribution in [3.05, 3.63) is 318 Å². The summed E-state index contributed by atoms with van der Waals surface area (Å²) in [5, 5.41) is 19.1. The summed E-state index contributed by atoms with van der Waals surface area (Å²) in [6.45, 7) is 34.6. The SMILES string of the molecule is CC(C)c1ccnc(-c2ccc(N3CCN(C)CC3)nc2)c1.CC(C)c1ccnc(-c2ccc3c(c2)c(C2CC2)nn3C)c1.CC(C)c1ccnc(-c2cccc(C(N)=O)c2)c1.CC(C)c1ccnc(-c2cnc(C3CCC3)nc2)c1.CC(C)c1ccnc(-c2cncc(C(=O)O)c2)c1.CC(C)c1ccnc(-c2cncc(C(N)=O)c2)c1.CC(C)c1ccnc(-c2cnn(C)c2)c1. The van der Waals surface area contributed by atoms with Crippen LogP contribution in [0, 0.1) is 0 Å². The van der Waals surface area contributed by atoms with Gasteiger partial charge in [-0.15, -0.1) is 0 Å². The van der Waals surface area contributed by atoms with Crippen molar-refractivity contribution in [2.45, 2.75) is 182 Å². The van der Waals surface area contributed by atoms with Gasteiger partial charge in [-0.25, -0.2) is 19.7 Å². The van der Waals surface area contributed by atoms with Gasteiger partial charge in [-0.3, -0.25) is 63.8 Å². The average Bonchev–Trinajstić information content (AvgIpc) is 1.61. The number of rotatable bonds is 20. The fourth-order valence-electron chi connectivity index (χ4n) is 14.8. The number of carboxylic acid groups (broad SMARTS) is 1. The minimum atomic E-state index is -0.982. The number of carbonyl (C=O) groups excluding carboxylic acids is 2. The molecule has 1 aliphatic heterocycles. The average molecular weight is 1770 g/mol. The molecule has 0 atom stereocenters. The van der Waals surface area contributed by atoms with E-state index in [1.165, 1.54) is 106 Å². The highest BCUT2D eigenvalue weighted by Crippen LogP contribution is 2.43. The Balaban J connectivity index is 0.000000139. The molecule has 2 amide bonds. The first-order chi connectivity index (χ1) is 63.4. The third-order valence-corrected chi connectivity index (χ3v) is 23.6. The van der Waals surface area contributed by atoms with E-state index in [1.54, 1.807) is 59.9 Å². The van der Waals surface area contributed by atoms with Gasteiger partial charge in [0.05, 0.1) is 68.4 Å². The van der Waals surface area contributed by atoms with Crippen LogP contribution >= 0.6 is 0 Å². The number of carboxylic acids is 1. The molecule has 0 bridgehead atoms. The van der Waals surface area contributed by atoms with Gasteiger partial charge in [-0.2, -0.15) is 10.2 Å². The minimum Gasteiger partial charge on any atom is -0.478 e. The fourth-order valence-corrected chi connectivity index (χ4v) is 14.8. The van der Waals surface area contributed by atoms with Crippen LogP contribution in [0.25, 0.3) is 89.7 Å². The molecular weight excluding hydrogens is 1640 g/mol. The first kappa shape index (κ1) is 96.9. The van der Waals surface area contributed by atoms with Gasteiger partial charge in [0.25, 0.3) is 0 Å². The summed E-state index contributed by atoms with van der Waals surface area (Å²) in [4.78, 5) is 90.2. The molecule has 24 nitrogen and oxygen atoms in total. The number of likely N-dealkylation sites (N-methyl/N-ethyl adjacent to an activating group) is 1. The lowest BCUT2D eigenvalue weighted by Gasteiger charge is -2.33. The molecule has 14 heterocycles. The Bertz CT molecular complexity index is 6090. The van der Waals surface area contributed by atoms with Crippen molar-refractivity contribution in [2.75, 3.05) is 38.1 Å². The molecule has 3 fully saturated rings. The van der Waals surface area contributed by atoms with E-state index in [-0.39, 0.29) is 5.56 Å². The van der Waals surface area contributed by atoms with Crippen molar-refractivity contribution in [2.24, 2.45) is 25.6 Å². The van der Waals surface area contributed by atoms with Crippen LogP contribution in [-0.4, -0.2) is 140 Å². The number of aromatic carboxylic acids is 1. The van der Waals surface area contributed by atoms with Crippen LogP contribution in [0.2, 0.25) is 0 Å². The van der Waals surface area contributed by atoms with E-state index in [1.807, 2.05) is 123 Å². The number of benzene rings is 2. The van der Waals surface area contributed by atoms with Crippen LogP contribution in [0.15, 0.2) is 251 Å². The summed E-state index contributed by atoms with van der Waals surface area (Å²) >= 11 is 0. The molecule has 5 N–H and O–H groups in total. The molecule has 2 saturated carbocycles. The lowest BCUT2D eigenvalue weighted by Crippen LogP contribution is -2.44. The maximum Gasteiger partial charge on any atom is 0.337 e. The van der Waals surface area contributed by atoms with Gasteiger partial charge in [0.1, 0.15) is 11.6 Å². The van der Waals surface area contributed by atoms with E-state index < -0.39 is 17.8 Å². The van der Waals surface area contributed by atoms with E-state index in [9.17, 15) is 14.4 Å². The lowest BCUT2D eigenvalue weighted by molar-refractivity contribution is 0.0695. The number of pyridine rings is 10. The Morgan fingerprint density at radius 2 is 0.742 bits per heavy atom. The third kappa shape index (κ3) is 26.8. The zero-order valence-electron chi connectivity index (χ0n) is 79.1. The van der Waals surface area contributed by atoms with Crippen molar-refractivity contribution >= 4 is 34.5 Å². The molecule has 24 heteroatoms. The number of nitrogens with zero attached hydrogens (tertiary/aromatic N) is 18. The predicted octanol–water partition coefficient (Wildman–Crippen LogP) is 22.5. The summed E-state index contributed by atoms with van der Waals surface area (Å²) in [5.41, 5.74) is 36.1. The molecule has 3 aliphatic rings. The number of amides is 2. The van der Waals surface area contributed by atoms with Crippen LogP contribution in [0.5, 0.6) is 0 Å². The molecule has 13 aromatic heterocycles. The highest BCUT2D eigenvalue weighted by molar-refractivity contribution is 5.95. The van der Waals surface area contributed by atoms with E-state index in [0.717, 1.165) is 111 Å². The first-order valence-electron chi connectivity index (χ1n) is 45.6. The monoisotopic (exact) mass is 1770 g/mol. The van der Waals surface area contributed by atoms with Gasteiger partial charge in [-0.05, 0) is 247 Å². The molecule has 0 radical (unpaired) electrons. The number of fused-ring (bicyclic) bond motifs is 1. The Hall–Kier alpha value is -14.1. The second-order valence-electron chi connectivity index (χ2n) is 36.0. The smallest absolute Gasteiger partial charge is 0.337 e. The Morgan fingerprint density at radius 1 is 0.356 bits per heavy atom. The normalized spacial score (nSPS) is 13.0. The Labute approximate surface area is 776 Å². The molecule has 1 saturated heterocycles. The summed E-state index contributed by atoms with van der Waals surface area (Å²) < 4.78 is 3.80. The van der Waals surface area contributed by atoms with E-state index >= 15 is 0 Å². The molecule has 18 rings (SSSR count). The number of carbonyl (C=O) groups is 3. The third-order valence-electron chi connectivity index (χ3n) is 23.6. The topological polar surface area (TPSA) is 320 Å². The van der Waals surface area contributed by atoms with Crippen molar-refractivity contribution in [1.82, 2.24) is 84.3 Å². The molecular formula is C108H124N20O4. The number of aryl methyl sites for hydroxylation is 2. The van der Waals surface area contributed by atoms with Crippen molar-refractivity contribution in [3.8, 4) is 78.8 Å². The molecule has 2 aliphatic carbocycles. The van der Waals surface area contributed by atoms with Gasteiger partial charge >= 0.3 is 5.97 Å². The van der Waals surface area contributed by atoms with Gasteiger partial charge in [-0.1, -0.05) is 122 Å². The van der Waals surface area contributed by atoms with E-state index in [2.05, 4.69) is 258 Å². The number of nitrogens with two attached hydrogens (primary N) is 2. The molecule has 680 valence electrons. The van der Waals surface area contributed by atoms with Gasteiger partial charge in [0.2, 0.25) is 11.8 Å². The van der Waals surface area contributed by atoms with E-state index in [0.29, 0.717) is 64.4 Å². The zero-order chi connectivity index (χ0) is 94.2. The van der Waals surface area contributed by atoms with E-state index in [4.69, 9.17) is 21.7 Å². The maximum atomic E-state index is 11.2. The van der Waals surface area contributed by atoms with Gasteiger partial charge in [0, 0.05) is 195 Å². The number of primary amides is 2. The number of hydrogen-bond acceptors (Lipinski definition) is 19. The summed E-state index contributed by atoms with van der Waals surface area (Å²) in [7, 11) is 6.11. The minimum absolute atomic E-state index is 0.171. The van der Waals surface area contributed by atoms with Crippen LogP contribution in [0.1, 0.15) is 264 Å². The van der Waals surface area contributed by atoms with Crippen molar-refractivity contribution in [1.29, 1.82) is 0 Å². The predicted molar refractivity (Wildman–Crippen MR) is 529 cm³/mol. The van der Waals surface area contributed by atoms with Crippen LogP contribution in [0.4, 0.5) is 5.82 Å². The fraction of sp³-hybridized carbons (Fsp3) is 0.324. The largest absolute Gasteiger partial charge is 0.478 e. The van der Waals surface area contributed by atoms with Crippen molar-refractivity contribution < 1.29 is 19.5 Å². The number of hydrogen-bond donors (Lipinski definition) is 3. The maximum absolute atomic E-state index is 11.2. The van der Waals surface area contributed by atoms with Crippen molar-refractivity contribution in [3.63, 3.8) is 0 Å². The molecule has 132 heavy (non-hydrogen) atoms. The Kier molecular flexibility index (Phi) is 33.7. The number of aromatic nitrogens is 16. The number of anilines is 1. The molecule has 0 unspecified atom stereocenters. The first-order valence-corrected chi connectivity index (χ1v) is 45.6. The van der Waals surface area contributed by atoms with Gasteiger partial charge in [0.15, 0.2) is 0 Å². The zero-order valence-corrected chi connectivity index (χ0v) is 79.1. The summed E-state index contributed by atoms with van der Waals surface area (Å²) in [6, 6.07) is 50.3. The van der Waals surface area contributed by atoms with Crippen LogP contribution in [-0.2, 0) is 14.1 Å². The second-order valence-corrected chi connectivity index (χ2v) is 36.0. The molecule has 15 aromatic rings. The number of piperazine rings is 1. The van der Waals surface area contributed by atoms with Crippen LogP contribution < -0.4 is 16.4 Å². The van der Waals surface area contributed by atoms with Gasteiger partial charge < -0.3 is 26.4 Å². The summed E-state index contributed by atoms with van der Waals surface area (Å²) in [5.74, 6) is 4.79. The standard InChI is InChI=1S/C19H21N3.C18H24N4.C16H19N3.C15H16N2O.C14H15N3O.C14H14N2O2.C12H15N3/c1-12(2)14-8-9-20-17(11-14)15-6-7-18-16(10-15)19(13-4-5-13)21-22(18)3;1-14(2)15-6-7-19-17(12-15)16-4-5-18(20-13-16)22-10-8-21(3)9-11-22;1-11(2)13-6-7-17-15(8-13)14-9-18-16(19-10-14)12-4-3-5-12;1-10(2)11-6-7-17-14(9-11)12-4-3-5-13(8-12)15(16)18;1-9(2)10-3-4-17-13(6-10)11-5-12(14(15)18)8-16-7-11;1-9(2)10-3-4-16-13(6-10)11-5-12(14(17)18)8-15-7-11;1-9(2)10-4-5-13-12(6-10)11-7-14-15(3)8-11/h6-13H,4-5H2,1-3H3;4-7,12-14H,8-11H2,1-3H3;6-12H,3-5H2,1-2H3;3-10H,1-2H3,(H2,16,18);3-9H,1-2H3,(H2,15,18);3-9H,1-2H3,(H,17,18);4-9H,1-3H3. The highest BCUT2D eigenvalue weighted by atomic mass is 16.4. The highest BCUT2D eigenvalue weighted by Gasteiger charge is 2.29. The summed E-state index contributed by atoms with van der Waals surface area (Å²) in [6.07, 6.45) is 34.8. The quantitative estimate of drug-likeness (QED) is 0.0638. The molecule has 0 spiro atoms. The lowest BCUT2D eigenvalue weighted by atomic mass is 9.85. The second kappa shape index (κ2) is 45.9.